The second-order valence-corrected chi connectivity index (χ2v) is 9.50. The lowest BCUT2D eigenvalue weighted by Gasteiger charge is -2.31. The summed E-state index contributed by atoms with van der Waals surface area (Å²) in [6.07, 6.45) is 1.63. The van der Waals surface area contributed by atoms with Gasteiger partial charge in [-0.15, -0.1) is 10.2 Å². The molecule has 1 aliphatic rings. The average molecular weight is 486 g/mol. The molecule has 2 aromatic carbocycles. The number of thioether (sulfide) groups is 1. The van der Waals surface area contributed by atoms with Gasteiger partial charge in [-0.1, -0.05) is 59.3 Å². The Kier molecular flexibility index (Phi) is 8.03. The van der Waals surface area contributed by atoms with Gasteiger partial charge in [-0.3, -0.25) is 14.3 Å². The third-order valence-corrected chi connectivity index (χ3v) is 6.99. The first kappa shape index (κ1) is 23.8. The van der Waals surface area contributed by atoms with Gasteiger partial charge in [-0.25, -0.2) is 0 Å². The first-order chi connectivity index (χ1) is 16.0. The van der Waals surface area contributed by atoms with Crippen LogP contribution in [0.15, 0.2) is 53.9 Å². The SMILES string of the molecule is Cc1ccc([C@@H](CN2CCOCC2)NC(=O)CSc2nncn2-c2ccc(C)c(Cl)c2)cc1. The van der Waals surface area contributed by atoms with Crippen LogP contribution in [0.25, 0.3) is 5.69 Å². The van der Waals surface area contributed by atoms with E-state index in [0.29, 0.717) is 10.2 Å². The highest BCUT2D eigenvalue weighted by Crippen LogP contribution is 2.24. The van der Waals surface area contributed by atoms with Gasteiger partial charge in [0.2, 0.25) is 5.91 Å². The summed E-state index contributed by atoms with van der Waals surface area (Å²) in [6.45, 7) is 7.96. The van der Waals surface area contributed by atoms with Gasteiger partial charge >= 0.3 is 0 Å². The van der Waals surface area contributed by atoms with Crippen LogP contribution < -0.4 is 5.32 Å². The van der Waals surface area contributed by atoms with E-state index in [1.54, 1.807) is 6.33 Å². The predicted octanol–water partition coefficient (Wildman–Crippen LogP) is 3.82. The van der Waals surface area contributed by atoms with Crippen LogP contribution in [0.2, 0.25) is 5.02 Å². The number of ether oxygens (including phenoxy) is 1. The van der Waals surface area contributed by atoms with Gasteiger partial charge in [0, 0.05) is 24.7 Å². The van der Waals surface area contributed by atoms with Crippen molar-refractivity contribution >= 4 is 29.3 Å². The summed E-state index contributed by atoms with van der Waals surface area (Å²) < 4.78 is 7.31. The summed E-state index contributed by atoms with van der Waals surface area (Å²) >= 11 is 7.63. The molecule has 1 aromatic heterocycles. The van der Waals surface area contributed by atoms with Gasteiger partial charge in [-0.2, -0.15) is 0 Å². The average Bonchev–Trinajstić information content (AvgIpc) is 3.29. The lowest BCUT2D eigenvalue weighted by atomic mass is 10.0. The van der Waals surface area contributed by atoms with E-state index in [4.69, 9.17) is 16.3 Å². The zero-order valence-electron chi connectivity index (χ0n) is 18.8. The third-order valence-electron chi connectivity index (χ3n) is 5.64. The summed E-state index contributed by atoms with van der Waals surface area (Å²) in [4.78, 5) is 15.3. The van der Waals surface area contributed by atoms with Crippen LogP contribution in [-0.2, 0) is 9.53 Å². The summed E-state index contributed by atoms with van der Waals surface area (Å²) in [5, 5.41) is 12.8. The van der Waals surface area contributed by atoms with E-state index in [0.717, 1.165) is 49.7 Å². The Morgan fingerprint density at radius 3 is 2.67 bits per heavy atom. The molecule has 1 amide bonds. The zero-order valence-corrected chi connectivity index (χ0v) is 20.4. The van der Waals surface area contributed by atoms with Gasteiger partial charge in [0.25, 0.3) is 0 Å². The van der Waals surface area contributed by atoms with E-state index in [1.807, 2.05) is 29.7 Å². The lowest BCUT2D eigenvalue weighted by Crippen LogP contribution is -2.43. The maximum absolute atomic E-state index is 12.9. The highest BCUT2D eigenvalue weighted by molar-refractivity contribution is 7.99. The predicted molar refractivity (Wildman–Crippen MR) is 131 cm³/mol. The van der Waals surface area contributed by atoms with Gasteiger partial charge in [0.15, 0.2) is 5.16 Å². The molecule has 1 aliphatic heterocycles. The van der Waals surface area contributed by atoms with Crippen molar-refractivity contribution in [3.63, 3.8) is 0 Å². The minimum Gasteiger partial charge on any atom is -0.379 e. The van der Waals surface area contributed by atoms with Crippen molar-refractivity contribution in [2.75, 3.05) is 38.6 Å². The number of hydrogen-bond acceptors (Lipinski definition) is 6. The molecule has 1 atom stereocenters. The van der Waals surface area contributed by atoms with E-state index in [1.165, 1.54) is 17.3 Å². The number of carbonyl (C=O) groups excluding carboxylic acids is 1. The van der Waals surface area contributed by atoms with Crippen LogP contribution in [0, 0.1) is 13.8 Å². The van der Waals surface area contributed by atoms with E-state index >= 15 is 0 Å². The summed E-state index contributed by atoms with van der Waals surface area (Å²) in [7, 11) is 0. The minimum atomic E-state index is -0.0921. The molecule has 0 unspecified atom stereocenters. The molecule has 1 fully saturated rings. The molecule has 9 heteroatoms. The number of aryl methyl sites for hydroxylation is 2. The van der Waals surface area contributed by atoms with Crippen LogP contribution in [0.4, 0.5) is 0 Å². The number of hydrogen-bond donors (Lipinski definition) is 1. The number of amides is 1. The monoisotopic (exact) mass is 485 g/mol. The van der Waals surface area contributed by atoms with Crippen molar-refractivity contribution < 1.29 is 9.53 Å². The van der Waals surface area contributed by atoms with E-state index in [-0.39, 0.29) is 17.7 Å². The normalized spacial score (nSPS) is 15.4. The maximum Gasteiger partial charge on any atom is 0.231 e. The van der Waals surface area contributed by atoms with Gasteiger partial charge in [0.05, 0.1) is 30.7 Å². The first-order valence-corrected chi connectivity index (χ1v) is 12.3. The van der Waals surface area contributed by atoms with Crippen LogP contribution in [-0.4, -0.2) is 64.2 Å². The Hall–Kier alpha value is -2.39. The highest BCUT2D eigenvalue weighted by Gasteiger charge is 2.21. The van der Waals surface area contributed by atoms with Crippen LogP contribution >= 0.6 is 23.4 Å². The number of morpholine rings is 1. The molecule has 1 saturated heterocycles. The smallest absolute Gasteiger partial charge is 0.231 e. The number of benzene rings is 2. The maximum atomic E-state index is 12.9. The molecule has 0 aliphatic carbocycles. The molecule has 0 spiro atoms. The molecule has 1 N–H and O–H groups in total. The molecule has 174 valence electrons. The zero-order chi connectivity index (χ0) is 23.2. The molecule has 3 aromatic rings. The molecule has 7 nitrogen and oxygen atoms in total. The molecular weight excluding hydrogens is 458 g/mol. The topological polar surface area (TPSA) is 72.3 Å². The van der Waals surface area contributed by atoms with Gasteiger partial charge in [-0.05, 0) is 37.1 Å². The minimum absolute atomic E-state index is 0.0460. The van der Waals surface area contributed by atoms with E-state index in [2.05, 4.69) is 51.6 Å². The van der Waals surface area contributed by atoms with Crippen molar-refractivity contribution in [2.45, 2.75) is 25.0 Å². The van der Waals surface area contributed by atoms with Crippen LogP contribution in [0.1, 0.15) is 22.7 Å². The molecule has 2 heterocycles. The quantitative estimate of drug-likeness (QED) is 0.489. The fraction of sp³-hybridized carbons (Fsp3) is 0.375. The van der Waals surface area contributed by atoms with Crippen LogP contribution in [0.5, 0.6) is 0 Å². The molecule has 0 saturated carbocycles. The number of nitrogens with one attached hydrogen (secondary N) is 1. The number of aromatic nitrogens is 3. The number of rotatable bonds is 8. The molecule has 33 heavy (non-hydrogen) atoms. The summed E-state index contributed by atoms with van der Waals surface area (Å²) in [5.41, 5.74) is 4.16. The third kappa shape index (κ3) is 6.35. The second kappa shape index (κ2) is 11.2. The lowest BCUT2D eigenvalue weighted by molar-refractivity contribution is -0.119. The summed E-state index contributed by atoms with van der Waals surface area (Å²) in [6, 6.07) is 14.0. The van der Waals surface area contributed by atoms with Crippen LogP contribution in [0.3, 0.4) is 0 Å². The Labute approximate surface area is 203 Å². The number of halogens is 1. The van der Waals surface area contributed by atoms with E-state index < -0.39 is 0 Å². The van der Waals surface area contributed by atoms with Gasteiger partial charge in [0.1, 0.15) is 6.33 Å². The van der Waals surface area contributed by atoms with Crippen molar-refractivity contribution in [2.24, 2.45) is 0 Å². The first-order valence-electron chi connectivity index (χ1n) is 10.9. The fourth-order valence-corrected chi connectivity index (χ4v) is 4.59. The summed E-state index contributed by atoms with van der Waals surface area (Å²) in [5.74, 6) is 0.194. The Morgan fingerprint density at radius 2 is 1.94 bits per heavy atom. The number of carbonyl (C=O) groups is 1. The van der Waals surface area contributed by atoms with Crippen molar-refractivity contribution in [1.29, 1.82) is 0 Å². The Balaban J connectivity index is 1.42. The molecular formula is C24H28ClN5O2S. The van der Waals surface area contributed by atoms with Crippen molar-refractivity contribution in [1.82, 2.24) is 25.0 Å². The van der Waals surface area contributed by atoms with E-state index in [9.17, 15) is 4.79 Å². The molecule has 0 radical (unpaired) electrons. The molecule has 0 bridgehead atoms. The second-order valence-electron chi connectivity index (χ2n) is 8.15. The Bertz CT molecular complexity index is 1080. The van der Waals surface area contributed by atoms with Crippen molar-refractivity contribution in [3.8, 4) is 5.69 Å². The standard InChI is InChI=1S/C24H28ClN5O2S/c1-17-3-6-19(7-4-17)22(14-29-9-11-32-12-10-29)27-23(31)15-33-24-28-26-16-30(24)20-8-5-18(2)21(25)13-20/h3-8,13,16,22H,9-12,14-15H2,1-2H3,(H,27,31)/t22-/m1/s1. The Morgan fingerprint density at radius 1 is 1.18 bits per heavy atom. The van der Waals surface area contributed by atoms with Gasteiger partial charge < -0.3 is 10.1 Å². The fourth-order valence-electron chi connectivity index (χ4n) is 3.67. The molecule has 4 rings (SSSR count). The van der Waals surface area contributed by atoms with Crippen molar-refractivity contribution in [3.05, 3.63) is 70.5 Å². The largest absolute Gasteiger partial charge is 0.379 e. The highest BCUT2D eigenvalue weighted by atomic mass is 35.5. The number of nitrogens with zero attached hydrogens (tertiary/aromatic N) is 4.